The van der Waals surface area contributed by atoms with Crippen molar-refractivity contribution in [3.05, 3.63) is 60.9 Å². The van der Waals surface area contributed by atoms with E-state index in [2.05, 4.69) is 9.97 Å². The number of nitrogen functional groups attached to an aromatic ring is 1. The first-order chi connectivity index (χ1) is 8.86. The summed E-state index contributed by atoms with van der Waals surface area (Å²) < 4.78 is 1.84. The molecule has 4 nitrogen and oxygen atoms in total. The third-order valence-corrected chi connectivity index (χ3v) is 2.68. The first kappa shape index (κ1) is 10.5. The van der Waals surface area contributed by atoms with Crippen molar-refractivity contribution in [2.24, 2.45) is 0 Å². The molecule has 2 N–H and O–H groups in total. The SMILES string of the molecule is Nc1nc2cccnc2n1C1=CC=CC=CC=C1. The molecule has 0 radical (unpaired) electrons. The summed E-state index contributed by atoms with van der Waals surface area (Å²) in [4.78, 5) is 8.64. The van der Waals surface area contributed by atoms with Crippen LogP contribution in [0.4, 0.5) is 5.95 Å². The van der Waals surface area contributed by atoms with Gasteiger partial charge in [0.25, 0.3) is 0 Å². The number of allylic oxidation sites excluding steroid dienone is 8. The Morgan fingerprint density at radius 2 is 1.89 bits per heavy atom. The molecule has 1 aliphatic rings. The molecule has 0 aromatic carbocycles. The number of nitrogens with zero attached hydrogens (tertiary/aromatic N) is 3. The lowest BCUT2D eigenvalue weighted by Crippen LogP contribution is -2.02. The van der Waals surface area contributed by atoms with E-state index in [-0.39, 0.29) is 0 Å². The van der Waals surface area contributed by atoms with E-state index in [1.165, 1.54) is 0 Å². The Morgan fingerprint density at radius 1 is 1.06 bits per heavy atom. The molecule has 2 heterocycles. The zero-order valence-electron chi connectivity index (χ0n) is 9.69. The van der Waals surface area contributed by atoms with Crippen LogP contribution in [0.1, 0.15) is 0 Å². The van der Waals surface area contributed by atoms with Crippen LogP contribution in [0.2, 0.25) is 0 Å². The lowest BCUT2D eigenvalue weighted by molar-refractivity contribution is 1.12. The molecular weight excluding hydrogens is 224 g/mol. The molecule has 0 amide bonds. The van der Waals surface area contributed by atoms with Crippen molar-refractivity contribution in [2.45, 2.75) is 0 Å². The summed E-state index contributed by atoms with van der Waals surface area (Å²) in [5.41, 5.74) is 8.47. The molecule has 2 aromatic heterocycles. The van der Waals surface area contributed by atoms with Crippen LogP contribution in [0.3, 0.4) is 0 Å². The summed E-state index contributed by atoms with van der Waals surface area (Å²) in [5.74, 6) is 0.442. The standard InChI is InChI=1S/C14H12N4/c15-14-17-12-9-6-10-16-13(12)18(14)11-7-4-2-1-3-5-8-11/h1-10H,(H2,15,17). The number of aromatic nitrogens is 3. The maximum Gasteiger partial charge on any atom is 0.207 e. The Hall–Kier alpha value is -2.62. The van der Waals surface area contributed by atoms with E-state index in [1.807, 2.05) is 59.2 Å². The lowest BCUT2D eigenvalue weighted by Gasteiger charge is -2.06. The van der Waals surface area contributed by atoms with Gasteiger partial charge in [-0.1, -0.05) is 30.4 Å². The number of anilines is 1. The van der Waals surface area contributed by atoms with Crippen molar-refractivity contribution in [1.29, 1.82) is 0 Å². The molecule has 0 fully saturated rings. The van der Waals surface area contributed by atoms with Crippen molar-refractivity contribution < 1.29 is 0 Å². The molecule has 0 saturated heterocycles. The lowest BCUT2D eigenvalue weighted by atomic mass is 10.2. The van der Waals surface area contributed by atoms with Crippen LogP contribution in [-0.4, -0.2) is 14.5 Å². The minimum atomic E-state index is 0.442. The van der Waals surface area contributed by atoms with Crippen molar-refractivity contribution in [2.75, 3.05) is 5.73 Å². The van der Waals surface area contributed by atoms with Gasteiger partial charge in [0.15, 0.2) is 5.65 Å². The van der Waals surface area contributed by atoms with Gasteiger partial charge in [0, 0.05) is 6.20 Å². The van der Waals surface area contributed by atoms with Crippen molar-refractivity contribution in [3.63, 3.8) is 0 Å². The minimum absolute atomic E-state index is 0.442. The average molecular weight is 236 g/mol. The molecule has 18 heavy (non-hydrogen) atoms. The molecule has 0 bridgehead atoms. The fourth-order valence-electron chi connectivity index (χ4n) is 1.89. The zero-order chi connectivity index (χ0) is 12.4. The Labute approximate surface area is 104 Å². The van der Waals surface area contributed by atoms with Crippen molar-refractivity contribution in [1.82, 2.24) is 14.5 Å². The predicted molar refractivity (Wildman–Crippen MR) is 73.6 cm³/mol. The first-order valence-corrected chi connectivity index (χ1v) is 5.67. The van der Waals surface area contributed by atoms with E-state index in [4.69, 9.17) is 5.73 Å². The summed E-state index contributed by atoms with van der Waals surface area (Å²) in [7, 11) is 0. The molecule has 0 atom stereocenters. The van der Waals surface area contributed by atoms with Gasteiger partial charge >= 0.3 is 0 Å². The van der Waals surface area contributed by atoms with Gasteiger partial charge in [-0.25, -0.2) is 9.97 Å². The second-order valence-electron chi connectivity index (χ2n) is 3.87. The average Bonchev–Trinajstić information content (AvgIpc) is 2.65. The number of imidazole rings is 1. The molecule has 0 saturated carbocycles. The molecule has 1 aliphatic carbocycles. The smallest absolute Gasteiger partial charge is 0.207 e. The highest BCUT2D eigenvalue weighted by Gasteiger charge is 2.10. The van der Waals surface area contributed by atoms with Crippen molar-refractivity contribution in [3.8, 4) is 0 Å². The molecule has 88 valence electrons. The molecule has 0 unspecified atom stereocenters. The van der Waals surface area contributed by atoms with E-state index >= 15 is 0 Å². The molecule has 3 rings (SSSR count). The number of hydrogen-bond acceptors (Lipinski definition) is 3. The maximum absolute atomic E-state index is 5.97. The van der Waals surface area contributed by atoms with Gasteiger partial charge in [-0.05, 0) is 24.3 Å². The normalized spacial score (nSPS) is 14.6. The Morgan fingerprint density at radius 3 is 2.83 bits per heavy atom. The summed E-state index contributed by atoms with van der Waals surface area (Å²) >= 11 is 0. The topological polar surface area (TPSA) is 56.7 Å². The van der Waals surface area contributed by atoms with Gasteiger partial charge < -0.3 is 5.73 Å². The molecule has 2 aromatic rings. The van der Waals surface area contributed by atoms with E-state index in [1.54, 1.807) is 6.20 Å². The van der Waals surface area contributed by atoms with Gasteiger partial charge in [0.05, 0.1) is 5.70 Å². The molecule has 0 spiro atoms. The van der Waals surface area contributed by atoms with Crippen LogP contribution in [0, 0.1) is 0 Å². The van der Waals surface area contributed by atoms with Crippen LogP contribution in [0.5, 0.6) is 0 Å². The monoisotopic (exact) mass is 236 g/mol. The highest BCUT2D eigenvalue weighted by molar-refractivity contribution is 5.81. The fraction of sp³-hybridized carbons (Fsp3) is 0. The minimum Gasteiger partial charge on any atom is -0.369 e. The molecule has 0 aliphatic heterocycles. The Balaban J connectivity index is 2.22. The van der Waals surface area contributed by atoms with Crippen molar-refractivity contribution >= 4 is 22.8 Å². The van der Waals surface area contributed by atoms with Gasteiger partial charge in [0.1, 0.15) is 5.52 Å². The predicted octanol–water partition coefficient (Wildman–Crippen LogP) is 2.54. The third-order valence-electron chi connectivity index (χ3n) is 2.68. The second-order valence-corrected chi connectivity index (χ2v) is 3.87. The number of rotatable bonds is 1. The van der Waals surface area contributed by atoms with Gasteiger partial charge in [-0.2, -0.15) is 0 Å². The van der Waals surface area contributed by atoms with Gasteiger partial charge in [0.2, 0.25) is 5.95 Å². The zero-order valence-corrected chi connectivity index (χ0v) is 9.69. The highest BCUT2D eigenvalue weighted by Crippen LogP contribution is 2.21. The Bertz CT molecular complexity index is 702. The van der Waals surface area contributed by atoms with Crippen LogP contribution in [0.15, 0.2) is 60.9 Å². The summed E-state index contributed by atoms with van der Waals surface area (Å²) in [5, 5.41) is 0. The van der Waals surface area contributed by atoms with E-state index in [0.29, 0.717) is 5.95 Å². The van der Waals surface area contributed by atoms with E-state index in [9.17, 15) is 0 Å². The van der Waals surface area contributed by atoms with Crippen LogP contribution >= 0.6 is 0 Å². The number of nitrogens with two attached hydrogens (primary N) is 1. The van der Waals surface area contributed by atoms with Crippen LogP contribution in [0.25, 0.3) is 16.9 Å². The molecular formula is C14H12N4. The third kappa shape index (κ3) is 1.73. The highest BCUT2D eigenvalue weighted by atomic mass is 15.2. The number of pyridine rings is 1. The van der Waals surface area contributed by atoms with E-state index in [0.717, 1.165) is 16.9 Å². The Kier molecular flexibility index (Phi) is 2.53. The van der Waals surface area contributed by atoms with Gasteiger partial charge in [-0.3, -0.25) is 4.57 Å². The second kappa shape index (κ2) is 4.33. The maximum atomic E-state index is 5.97. The fourth-order valence-corrected chi connectivity index (χ4v) is 1.89. The summed E-state index contributed by atoms with van der Waals surface area (Å²) in [6.07, 6.45) is 15.5. The van der Waals surface area contributed by atoms with Gasteiger partial charge in [-0.15, -0.1) is 0 Å². The summed E-state index contributed by atoms with van der Waals surface area (Å²) in [6.45, 7) is 0. The summed E-state index contributed by atoms with van der Waals surface area (Å²) in [6, 6.07) is 3.75. The van der Waals surface area contributed by atoms with E-state index < -0.39 is 0 Å². The quantitative estimate of drug-likeness (QED) is 0.827. The van der Waals surface area contributed by atoms with Crippen LogP contribution < -0.4 is 5.73 Å². The largest absolute Gasteiger partial charge is 0.369 e. The van der Waals surface area contributed by atoms with Crippen LogP contribution in [-0.2, 0) is 0 Å². The molecule has 4 heteroatoms. The number of fused-ring (bicyclic) bond motifs is 1. The number of hydrogen-bond donors (Lipinski definition) is 1. The first-order valence-electron chi connectivity index (χ1n) is 5.67.